The average molecular weight is 438 g/mol. The first-order valence-electron chi connectivity index (χ1n) is 9.95. The Kier molecular flexibility index (Phi) is 6.82. The van der Waals surface area contributed by atoms with Crippen molar-refractivity contribution in [1.29, 1.82) is 0 Å². The third-order valence-corrected chi connectivity index (χ3v) is 6.43. The molecular weight excluding hydrogens is 412 g/mol. The number of pyridine rings is 1. The van der Waals surface area contributed by atoms with Gasteiger partial charge in [0.1, 0.15) is 5.82 Å². The molecule has 5 rings (SSSR count). The molecule has 0 saturated carbocycles. The Bertz CT molecular complexity index is 894. The van der Waals surface area contributed by atoms with E-state index in [0.717, 1.165) is 50.2 Å². The number of rotatable bonds is 2. The first-order valence-corrected chi connectivity index (χ1v) is 9.95. The molecule has 1 N–H and O–H groups in total. The molecule has 0 unspecified atom stereocenters. The molecule has 4 nitrogen and oxygen atoms in total. The summed E-state index contributed by atoms with van der Waals surface area (Å²) in [5.74, 6) is 0.540. The van der Waals surface area contributed by atoms with Gasteiger partial charge in [-0.3, -0.25) is 9.78 Å². The number of fused-ring (bicyclic) bond motifs is 2. The molecule has 0 radical (unpaired) electrons. The normalized spacial score (nSPS) is 24.9. The molecule has 1 aromatic carbocycles. The number of halogens is 3. The predicted octanol–water partition coefficient (Wildman–Crippen LogP) is 3.98. The SMILES string of the molecule is Cl.Cl.O=C(c1cnc2c(c1)CCCC2)N1C[C@@H]2CNC[C@@H]2[C@@H]1c1cccc(F)c1. The summed E-state index contributed by atoms with van der Waals surface area (Å²) in [6, 6.07) is 8.69. The van der Waals surface area contributed by atoms with Crippen LogP contribution >= 0.6 is 24.8 Å². The maximum Gasteiger partial charge on any atom is 0.255 e. The van der Waals surface area contributed by atoms with E-state index in [0.29, 0.717) is 17.4 Å². The number of likely N-dealkylation sites (tertiary alicyclic amines) is 1. The third kappa shape index (κ3) is 4.00. The first kappa shape index (κ1) is 22.0. The summed E-state index contributed by atoms with van der Waals surface area (Å²) in [5, 5.41) is 3.43. The van der Waals surface area contributed by atoms with Crippen LogP contribution in [0.3, 0.4) is 0 Å². The van der Waals surface area contributed by atoms with E-state index in [2.05, 4.69) is 10.3 Å². The molecule has 1 amide bonds. The zero-order valence-corrected chi connectivity index (χ0v) is 17.8. The van der Waals surface area contributed by atoms with Crippen LogP contribution in [0.15, 0.2) is 36.5 Å². The van der Waals surface area contributed by atoms with Crippen LogP contribution in [0.25, 0.3) is 0 Å². The summed E-state index contributed by atoms with van der Waals surface area (Å²) in [6.45, 7) is 2.51. The average Bonchev–Trinajstić information content (AvgIpc) is 3.28. The van der Waals surface area contributed by atoms with Crippen molar-refractivity contribution in [2.75, 3.05) is 19.6 Å². The minimum absolute atomic E-state index is 0. The van der Waals surface area contributed by atoms with E-state index in [-0.39, 0.29) is 42.6 Å². The van der Waals surface area contributed by atoms with Crippen molar-refractivity contribution in [3.63, 3.8) is 0 Å². The fourth-order valence-corrected chi connectivity index (χ4v) is 5.12. The van der Waals surface area contributed by atoms with E-state index >= 15 is 0 Å². The van der Waals surface area contributed by atoms with Gasteiger partial charge < -0.3 is 10.2 Å². The summed E-state index contributed by atoms with van der Waals surface area (Å²) >= 11 is 0. The van der Waals surface area contributed by atoms with Crippen LogP contribution in [0.4, 0.5) is 4.39 Å². The molecule has 2 saturated heterocycles. The van der Waals surface area contributed by atoms with E-state index in [1.54, 1.807) is 18.3 Å². The Morgan fingerprint density at radius 3 is 2.79 bits per heavy atom. The first-order chi connectivity index (χ1) is 13.2. The Morgan fingerprint density at radius 2 is 1.97 bits per heavy atom. The summed E-state index contributed by atoms with van der Waals surface area (Å²) in [7, 11) is 0. The van der Waals surface area contributed by atoms with E-state index < -0.39 is 0 Å². The molecule has 3 aliphatic rings. The Morgan fingerprint density at radius 1 is 1.14 bits per heavy atom. The highest BCUT2D eigenvalue weighted by atomic mass is 35.5. The molecule has 2 aliphatic heterocycles. The van der Waals surface area contributed by atoms with Crippen molar-refractivity contribution in [3.8, 4) is 0 Å². The predicted molar refractivity (Wildman–Crippen MR) is 115 cm³/mol. The van der Waals surface area contributed by atoms with E-state index in [4.69, 9.17) is 0 Å². The zero-order valence-electron chi connectivity index (χ0n) is 16.1. The number of aryl methyl sites for hydroxylation is 2. The van der Waals surface area contributed by atoms with Gasteiger partial charge in [-0.25, -0.2) is 4.39 Å². The molecule has 0 bridgehead atoms. The molecule has 2 fully saturated rings. The van der Waals surface area contributed by atoms with Crippen LogP contribution in [0, 0.1) is 17.7 Å². The number of aromatic nitrogens is 1. The molecule has 2 aromatic rings. The number of carbonyl (C=O) groups is 1. The second-order valence-corrected chi connectivity index (χ2v) is 8.08. The highest BCUT2D eigenvalue weighted by Crippen LogP contribution is 2.43. The molecule has 3 heterocycles. The van der Waals surface area contributed by atoms with Gasteiger partial charge in [0.15, 0.2) is 0 Å². The topological polar surface area (TPSA) is 45.2 Å². The number of nitrogens with zero attached hydrogens (tertiary/aromatic N) is 2. The molecule has 0 spiro atoms. The molecule has 1 aliphatic carbocycles. The van der Waals surface area contributed by atoms with E-state index in [1.165, 1.54) is 18.1 Å². The fraction of sp³-hybridized carbons (Fsp3) is 0.455. The van der Waals surface area contributed by atoms with Crippen molar-refractivity contribution in [2.24, 2.45) is 11.8 Å². The van der Waals surface area contributed by atoms with Crippen molar-refractivity contribution >= 4 is 30.7 Å². The standard InChI is InChI=1S/C22H24FN3O.2ClH/c23-18-6-3-5-15(9-18)21-19-12-24-10-17(19)13-26(21)22(27)16-8-14-4-1-2-7-20(14)25-11-16;;/h3,5-6,8-9,11,17,19,21,24H,1-2,4,7,10,12-13H2;2*1H/t17-,19-,21-;;/m0../s1. The van der Waals surface area contributed by atoms with Gasteiger partial charge in [-0.1, -0.05) is 12.1 Å². The number of amides is 1. The lowest BCUT2D eigenvalue weighted by Crippen LogP contribution is -2.35. The second-order valence-electron chi connectivity index (χ2n) is 8.08. The van der Waals surface area contributed by atoms with Gasteiger partial charge in [-0.05, 0) is 60.9 Å². The summed E-state index contributed by atoms with van der Waals surface area (Å²) in [5.41, 5.74) is 3.92. The lowest BCUT2D eigenvalue weighted by atomic mass is 9.89. The van der Waals surface area contributed by atoms with Crippen molar-refractivity contribution in [2.45, 2.75) is 31.7 Å². The number of benzene rings is 1. The van der Waals surface area contributed by atoms with Gasteiger partial charge in [0.2, 0.25) is 0 Å². The lowest BCUT2D eigenvalue weighted by Gasteiger charge is -2.29. The summed E-state index contributed by atoms with van der Waals surface area (Å²) in [4.78, 5) is 19.9. The van der Waals surface area contributed by atoms with Crippen LogP contribution < -0.4 is 5.32 Å². The maximum atomic E-state index is 13.9. The van der Waals surface area contributed by atoms with Gasteiger partial charge in [0, 0.05) is 37.4 Å². The lowest BCUT2D eigenvalue weighted by molar-refractivity contribution is 0.0713. The van der Waals surface area contributed by atoms with Crippen LogP contribution in [0.1, 0.15) is 46.1 Å². The van der Waals surface area contributed by atoms with Crippen LogP contribution in [0.2, 0.25) is 0 Å². The smallest absolute Gasteiger partial charge is 0.255 e. The van der Waals surface area contributed by atoms with Gasteiger partial charge in [0.25, 0.3) is 5.91 Å². The number of hydrogen-bond donors (Lipinski definition) is 1. The highest BCUT2D eigenvalue weighted by Gasteiger charge is 2.47. The maximum absolute atomic E-state index is 13.9. The van der Waals surface area contributed by atoms with Gasteiger partial charge in [0.05, 0.1) is 11.6 Å². The van der Waals surface area contributed by atoms with Crippen LogP contribution in [-0.4, -0.2) is 35.4 Å². The number of carbonyl (C=O) groups excluding carboxylic acids is 1. The van der Waals surface area contributed by atoms with Gasteiger partial charge >= 0.3 is 0 Å². The molecule has 1 aromatic heterocycles. The van der Waals surface area contributed by atoms with Gasteiger partial charge in [-0.15, -0.1) is 24.8 Å². The Balaban J connectivity index is 0.00000120. The molecule has 29 heavy (non-hydrogen) atoms. The van der Waals surface area contributed by atoms with E-state index in [9.17, 15) is 9.18 Å². The minimum atomic E-state index is -0.246. The number of hydrogen-bond acceptors (Lipinski definition) is 3. The monoisotopic (exact) mass is 437 g/mol. The molecule has 3 atom stereocenters. The summed E-state index contributed by atoms with van der Waals surface area (Å²) in [6.07, 6.45) is 6.10. The van der Waals surface area contributed by atoms with Crippen LogP contribution in [-0.2, 0) is 12.8 Å². The van der Waals surface area contributed by atoms with E-state index in [1.807, 2.05) is 17.0 Å². The van der Waals surface area contributed by atoms with Crippen molar-refractivity contribution in [3.05, 3.63) is 64.7 Å². The Labute approximate surface area is 183 Å². The fourth-order valence-electron chi connectivity index (χ4n) is 5.12. The largest absolute Gasteiger partial charge is 0.331 e. The van der Waals surface area contributed by atoms with Gasteiger partial charge in [-0.2, -0.15) is 0 Å². The number of nitrogens with one attached hydrogen (secondary N) is 1. The third-order valence-electron chi connectivity index (χ3n) is 6.43. The molecule has 7 heteroatoms. The molecule has 156 valence electrons. The highest BCUT2D eigenvalue weighted by molar-refractivity contribution is 5.94. The van der Waals surface area contributed by atoms with Crippen LogP contribution in [0.5, 0.6) is 0 Å². The van der Waals surface area contributed by atoms with Crippen molar-refractivity contribution in [1.82, 2.24) is 15.2 Å². The zero-order chi connectivity index (χ0) is 18.4. The quantitative estimate of drug-likeness (QED) is 0.772. The summed E-state index contributed by atoms with van der Waals surface area (Å²) < 4.78 is 13.9. The minimum Gasteiger partial charge on any atom is -0.331 e. The van der Waals surface area contributed by atoms with Crippen molar-refractivity contribution < 1.29 is 9.18 Å². The Hall–Kier alpha value is -1.69. The molecular formula is C22H26Cl2FN3O. The second kappa shape index (κ2) is 8.99.